The minimum atomic E-state index is -0.576. The second-order valence-electron chi connectivity index (χ2n) is 1.95. The van der Waals surface area contributed by atoms with E-state index in [0.29, 0.717) is 6.42 Å². The van der Waals surface area contributed by atoms with Crippen molar-refractivity contribution in [3.8, 4) is 0 Å². The van der Waals surface area contributed by atoms with Crippen molar-refractivity contribution in [2.24, 2.45) is 0 Å². The van der Waals surface area contributed by atoms with Gasteiger partial charge in [0.05, 0.1) is 12.7 Å². The van der Waals surface area contributed by atoms with Crippen LogP contribution in [0.1, 0.15) is 19.8 Å². The summed E-state index contributed by atoms with van der Waals surface area (Å²) < 4.78 is 0. The van der Waals surface area contributed by atoms with Crippen LogP contribution in [0.15, 0.2) is 12.2 Å². The lowest BCUT2D eigenvalue weighted by Crippen LogP contribution is -2.09. The molecule has 0 radical (unpaired) electrons. The van der Waals surface area contributed by atoms with Gasteiger partial charge in [-0.05, 0) is 12.8 Å². The summed E-state index contributed by atoms with van der Waals surface area (Å²) in [6, 6.07) is 0. The van der Waals surface area contributed by atoms with Crippen LogP contribution in [-0.2, 0) is 0 Å². The Hall–Kier alpha value is -0.340. The van der Waals surface area contributed by atoms with Gasteiger partial charge in [0, 0.05) is 0 Å². The molecule has 2 nitrogen and oxygen atoms in total. The summed E-state index contributed by atoms with van der Waals surface area (Å²) in [7, 11) is 0. The number of rotatable bonds is 4. The molecular weight excluding hydrogens is 116 g/mol. The second kappa shape index (κ2) is 5.79. The Morgan fingerprint density at radius 2 is 2.11 bits per heavy atom. The third kappa shape index (κ3) is 5.53. The van der Waals surface area contributed by atoms with Gasteiger partial charge in [0.1, 0.15) is 0 Å². The van der Waals surface area contributed by atoms with E-state index in [1.54, 1.807) is 0 Å². The highest BCUT2D eigenvalue weighted by Gasteiger charge is 1.95. The number of allylic oxidation sites excluding steroid dienone is 1. The standard InChI is InChI=1S/C7H14O2/c1-2-3-4-5-7(9)6-8/h3-4,7-9H,2,5-6H2,1H3. The fourth-order valence-corrected chi connectivity index (χ4v) is 0.495. The molecule has 2 heteroatoms. The van der Waals surface area contributed by atoms with E-state index in [-0.39, 0.29) is 6.61 Å². The minimum absolute atomic E-state index is 0.145. The van der Waals surface area contributed by atoms with Crippen molar-refractivity contribution < 1.29 is 10.2 Å². The van der Waals surface area contributed by atoms with E-state index in [1.165, 1.54) is 0 Å². The first kappa shape index (κ1) is 8.66. The molecule has 0 aliphatic carbocycles. The maximum atomic E-state index is 8.78. The van der Waals surface area contributed by atoms with Crippen molar-refractivity contribution in [1.82, 2.24) is 0 Å². The van der Waals surface area contributed by atoms with Gasteiger partial charge in [0.25, 0.3) is 0 Å². The molecule has 0 bridgehead atoms. The van der Waals surface area contributed by atoms with Gasteiger partial charge in [-0.2, -0.15) is 0 Å². The third-order valence-electron chi connectivity index (χ3n) is 1.02. The number of hydrogen-bond donors (Lipinski definition) is 2. The van der Waals surface area contributed by atoms with Crippen molar-refractivity contribution in [2.75, 3.05) is 6.61 Å². The Bertz CT molecular complexity index is 79.0. The molecule has 0 rings (SSSR count). The molecule has 0 aromatic rings. The quantitative estimate of drug-likeness (QED) is 0.550. The van der Waals surface area contributed by atoms with Crippen molar-refractivity contribution in [1.29, 1.82) is 0 Å². The van der Waals surface area contributed by atoms with Crippen LogP contribution in [-0.4, -0.2) is 22.9 Å². The molecule has 0 fully saturated rings. The number of hydrogen-bond acceptors (Lipinski definition) is 2. The number of aliphatic hydroxyl groups excluding tert-OH is 2. The van der Waals surface area contributed by atoms with E-state index >= 15 is 0 Å². The van der Waals surface area contributed by atoms with Gasteiger partial charge >= 0.3 is 0 Å². The van der Waals surface area contributed by atoms with Crippen molar-refractivity contribution in [3.05, 3.63) is 12.2 Å². The van der Waals surface area contributed by atoms with Crippen LogP contribution >= 0.6 is 0 Å². The zero-order valence-electron chi connectivity index (χ0n) is 5.75. The summed E-state index contributed by atoms with van der Waals surface area (Å²) in [5.74, 6) is 0. The van der Waals surface area contributed by atoms with E-state index in [0.717, 1.165) is 6.42 Å². The first-order valence-electron chi connectivity index (χ1n) is 3.25. The monoisotopic (exact) mass is 130 g/mol. The number of aliphatic hydroxyl groups is 2. The first-order chi connectivity index (χ1) is 4.31. The summed E-state index contributed by atoms with van der Waals surface area (Å²) in [6.07, 6.45) is 4.82. The second-order valence-corrected chi connectivity index (χ2v) is 1.95. The van der Waals surface area contributed by atoms with Gasteiger partial charge < -0.3 is 10.2 Å². The average Bonchev–Trinajstić information content (AvgIpc) is 1.89. The summed E-state index contributed by atoms with van der Waals surface area (Å²) >= 11 is 0. The Kier molecular flexibility index (Phi) is 5.57. The predicted molar refractivity (Wildman–Crippen MR) is 37.1 cm³/mol. The summed E-state index contributed by atoms with van der Waals surface area (Å²) in [6.45, 7) is 1.88. The highest BCUT2D eigenvalue weighted by Crippen LogP contribution is 1.92. The first-order valence-corrected chi connectivity index (χ1v) is 3.25. The molecule has 0 aliphatic rings. The highest BCUT2D eigenvalue weighted by atomic mass is 16.3. The Morgan fingerprint density at radius 3 is 2.56 bits per heavy atom. The van der Waals surface area contributed by atoms with Crippen molar-refractivity contribution >= 4 is 0 Å². The van der Waals surface area contributed by atoms with E-state index in [2.05, 4.69) is 0 Å². The average molecular weight is 130 g/mol. The van der Waals surface area contributed by atoms with Gasteiger partial charge in [-0.25, -0.2) is 0 Å². The smallest absolute Gasteiger partial charge is 0.0805 e. The van der Waals surface area contributed by atoms with E-state index in [9.17, 15) is 0 Å². The molecule has 1 unspecified atom stereocenters. The van der Waals surface area contributed by atoms with Crippen LogP contribution in [0.25, 0.3) is 0 Å². The molecule has 0 aromatic carbocycles. The van der Waals surface area contributed by atoms with Crippen molar-refractivity contribution in [3.63, 3.8) is 0 Å². The molecule has 1 atom stereocenters. The molecular formula is C7H14O2. The maximum absolute atomic E-state index is 8.78. The van der Waals surface area contributed by atoms with Crippen LogP contribution in [0.3, 0.4) is 0 Å². The molecule has 9 heavy (non-hydrogen) atoms. The molecule has 54 valence electrons. The van der Waals surface area contributed by atoms with Crippen LogP contribution in [0.4, 0.5) is 0 Å². The van der Waals surface area contributed by atoms with Crippen molar-refractivity contribution in [2.45, 2.75) is 25.9 Å². The zero-order valence-corrected chi connectivity index (χ0v) is 5.75. The molecule has 0 heterocycles. The largest absolute Gasteiger partial charge is 0.394 e. The molecule has 0 aromatic heterocycles. The maximum Gasteiger partial charge on any atom is 0.0805 e. The van der Waals surface area contributed by atoms with Crippen LogP contribution in [0.5, 0.6) is 0 Å². The predicted octanol–water partition coefficient (Wildman–Crippen LogP) is 0.696. The van der Waals surface area contributed by atoms with Gasteiger partial charge in [-0.15, -0.1) is 0 Å². The molecule has 0 saturated carbocycles. The van der Waals surface area contributed by atoms with Crippen LogP contribution in [0, 0.1) is 0 Å². The fourth-order valence-electron chi connectivity index (χ4n) is 0.495. The van der Waals surface area contributed by atoms with E-state index in [1.807, 2.05) is 19.1 Å². The topological polar surface area (TPSA) is 40.5 Å². The van der Waals surface area contributed by atoms with Gasteiger partial charge in [0.2, 0.25) is 0 Å². The molecule has 0 spiro atoms. The zero-order chi connectivity index (χ0) is 7.11. The third-order valence-corrected chi connectivity index (χ3v) is 1.02. The lowest BCUT2D eigenvalue weighted by atomic mass is 10.2. The Labute approximate surface area is 55.8 Å². The molecule has 0 saturated heterocycles. The van der Waals surface area contributed by atoms with Gasteiger partial charge in [-0.3, -0.25) is 0 Å². The summed E-state index contributed by atoms with van der Waals surface area (Å²) in [5.41, 5.74) is 0. The lowest BCUT2D eigenvalue weighted by molar-refractivity contribution is 0.0975. The normalized spacial score (nSPS) is 14.6. The van der Waals surface area contributed by atoms with Gasteiger partial charge in [-0.1, -0.05) is 19.1 Å². The lowest BCUT2D eigenvalue weighted by Gasteiger charge is -1.99. The fraction of sp³-hybridized carbons (Fsp3) is 0.714. The van der Waals surface area contributed by atoms with Crippen LogP contribution < -0.4 is 0 Å². The van der Waals surface area contributed by atoms with E-state index in [4.69, 9.17) is 10.2 Å². The highest BCUT2D eigenvalue weighted by molar-refractivity contribution is 4.82. The molecule has 0 aliphatic heterocycles. The summed E-state index contributed by atoms with van der Waals surface area (Å²) in [4.78, 5) is 0. The van der Waals surface area contributed by atoms with Crippen LogP contribution in [0.2, 0.25) is 0 Å². The Balaban J connectivity index is 3.15. The molecule has 2 N–H and O–H groups in total. The SMILES string of the molecule is CCC=CCC(O)CO. The Morgan fingerprint density at radius 1 is 1.44 bits per heavy atom. The summed E-state index contributed by atoms with van der Waals surface area (Å²) in [5, 5.41) is 17.1. The van der Waals surface area contributed by atoms with E-state index < -0.39 is 6.10 Å². The minimum Gasteiger partial charge on any atom is -0.394 e. The molecule has 0 amide bonds. The van der Waals surface area contributed by atoms with Gasteiger partial charge in [0.15, 0.2) is 0 Å².